The van der Waals surface area contributed by atoms with Gasteiger partial charge in [0, 0.05) is 13.6 Å². The molecule has 0 saturated heterocycles. The molecule has 1 aromatic heterocycles. The summed E-state index contributed by atoms with van der Waals surface area (Å²) in [5.74, 6) is 0.469. The minimum Gasteiger partial charge on any atom is -0.476 e. The van der Waals surface area contributed by atoms with Gasteiger partial charge in [-0.3, -0.25) is 4.79 Å². The summed E-state index contributed by atoms with van der Waals surface area (Å²) < 4.78 is 7.63. The molecule has 3 aromatic rings. The highest BCUT2D eigenvalue weighted by molar-refractivity contribution is 5.51. The second-order valence-corrected chi connectivity index (χ2v) is 7.17. The fourth-order valence-corrected chi connectivity index (χ4v) is 2.96. The molecule has 0 aliphatic rings. The number of benzene rings is 2. The lowest BCUT2D eigenvalue weighted by molar-refractivity contribution is 0.267. The standard InChI is InChI=1S/C24H27N3O2/c1-26(2)15-10-16-29-23-22(18-20-13-8-5-9-14-20)27(3)24(28)21(25-23)17-19-11-6-4-7-12-19/h4-9,11-14,17-18H,10,15-16H2,1-3H3/b21-17-,22-18-. The molecule has 0 N–H and O–H groups in total. The van der Waals surface area contributed by atoms with Crippen molar-refractivity contribution >= 4 is 12.2 Å². The summed E-state index contributed by atoms with van der Waals surface area (Å²) in [7, 11) is 5.83. The lowest BCUT2D eigenvalue weighted by Gasteiger charge is -2.11. The van der Waals surface area contributed by atoms with Crippen molar-refractivity contribution in [1.82, 2.24) is 14.5 Å². The molecule has 0 bridgehead atoms. The molecule has 2 aromatic carbocycles. The number of ether oxygens (including phenoxy) is 1. The summed E-state index contributed by atoms with van der Waals surface area (Å²) >= 11 is 0. The van der Waals surface area contributed by atoms with Gasteiger partial charge in [-0.2, -0.15) is 0 Å². The fraction of sp³-hybridized carbons (Fsp3) is 0.250. The van der Waals surface area contributed by atoms with E-state index in [0.29, 0.717) is 23.2 Å². The maximum Gasteiger partial charge on any atom is 0.276 e. The molecule has 29 heavy (non-hydrogen) atoms. The summed E-state index contributed by atoms with van der Waals surface area (Å²) in [6.07, 6.45) is 4.60. The maximum absolute atomic E-state index is 12.9. The Morgan fingerprint density at radius 3 is 2.14 bits per heavy atom. The van der Waals surface area contributed by atoms with Gasteiger partial charge >= 0.3 is 0 Å². The first kappa shape index (κ1) is 20.6. The van der Waals surface area contributed by atoms with Crippen LogP contribution < -0.4 is 21.0 Å². The predicted molar refractivity (Wildman–Crippen MR) is 117 cm³/mol. The van der Waals surface area contributed by atoms with E-state index in [1.54, 1.807) is 17.7 Å². The van der Waals surface area contributed by atoms with Crippen LogP contribution in [0.2, 0.25) is 0 Å². The van der Waals surface area contributed by atoms with Gasteiger partial charge in [0.15, 0.2) is 0 Å². The Kier molecular flexibility index (Phi) is 6.98. The van der Waals surface area contributed by atoms with E-state index in [9.17, 15) is 4.79 Å². The van der Waals surface area contributed by atoms with Gasteiger partial charge < -0.3 is 14.2 Å². The molecule has 0 aliphatic heterocycles. The van der Waals surface area contributed by atoms with Crippen LogP contribution in [0, 0.1) is 0 Å². The Bertz CT molecular complexity index is 1100. The molecule has 0 unspecified atom stereocenters. The normalized spacial score (nSPS) is 12.6. The van der Waals surface area contributed by atoms with E-state index in [-0.39, 0.29) is 5.56 Å². The van der Waals surface area contributed by atoms with E-state index in [1.165, 1.54) is 0 Å². The molecule has 0 aliphatic carbocycles. The summed E-state index contributed by atoms with van der Waals surface area (Å²) in [6.45, 7) is 1.45. The zero-order valence-corrected chi connectivity index (χ0v) is 17.2. The molecule has 1 heterocycles. The van der Waals surface area contributed by atoms with Crippen molar-refractivity contribution in [2.75, 3.05) is 27.2 Å². The number of hydrogen-bond acceptors (Lipinski definition) is 4. The highest BCUT2D eigenvalue weighted by atomic mass is 16.5. The van der Waals surface area contributed by atoms with Crippen LogP contribution in [0.15, 0.2) is 65.5 Å². The van der Waals surface area contributed by atoms with Gasteiger partial charge in [0.05, 0.1) is 6.61 Å². The van der Waals surface area contributed by atoms with Crippen LogP contribution in [0.5, 0.6) is 5.88 Å². The molecule has 150 valence electrons. The van der Waals surface area contributed by atoms with Gasteiger partial charge in [-0.05, 0) is 43.8 Å². The Morgan fingerprint density at radius 1 is 0.966 bits per heavy atom. The minimum absolute atomic E-state index is 0.156. The molecule has 5 heteroatoms. The van der Waals surface area contributed by atoms with Crippen LogP contribution >= 0.6 is 0 Å². The van der Waals surface area contributed by atoms with E-state index in [1.807, 2.05) is 80.8 Å². The molecule has 5 nitrogen and oxygen atoms in total. The SMILES string of the molecule is CN(C)CCCOc1n/c(=C\c2ccccc2)c(=O)n(C)/c1=C\c1ccccc1. The first-order chi connectivity index (χ1) is 14.0. The minimum atomic E-state index is -0.156. The van der Waals surface area contributed by atoms with Crippen LogP contribution in [0.3, 0.4) is 0 Å². The zero-order chi connectivity index (χ0) is 20.6. The number of rotatable bonds is 7. The van der Waals surface area contributed by atoms with Gasteiger partial charge in [0.1, 0.15) is 10.7 Å². The van der Waals surface area contributed by atoms with E-state index >= 15 is 0 Å². The van der Waals surface area contributed by atoms with E-state index < -0.39 is 0 Å². The third-order valence-corrected chi connectivity index (χ3v) is 4.52. The van der Waals surface area contributed by atoms with Crippen LogP contribution in [0.25, 0.3) is 12.2 Å². The molecule has 0 amide bonds. The van der Waals surface area contributed by atoms with Gasteiger partial charge in [0.2, 0.25) is 5.88 Å². The quantitative estimate of drug-likeness (QED) is 0.578. The van der Waals surface area contributed by atoms with E-state index in [0.717, 1.165) is 24.1 Å². The third kappa shape index (κ3) is 5.65. The van der Waals surface area contributed by atoms with Crippen LogP contribution in [-0.4, -0.2) is 41.7 Å². The zero-order valence-electron chi connectivity index (χ0n) is 17.2. The molecule has 0 spiro atoms. The van der Waals surface area contributed by atoms with Gasteiger partial charge in [-0.15, -0.1) is 0 Å². The van der Waals surface area contributed by atoms with Gasteiger partial charge in [-0.25, -0.2) is 4.98 Å². The van der Waals surface area contributed by atoms with Crippen LogP contribution in [0.4, 0.5) is 0 Å². The number of aromatic nitrogens is 2. The summed E-state index contributed by atoms with van der Waals surface area (Å²) in [5, 5.41) is 1.03. The van der Waals surface area contributed by atoms with Crippen LogP contribution in [0.1, 0.15) is 17.5 Å². The largest absolute Gasteiger partial charge is 0.476 e. The molecule has 0 atom stereocenters. The summed E-state index contributed by atoms with van der Waals surface area (Å²) in [6, 6.07) is 19.6. The third-order valence-electron chi connectivity index (χ3n) is 4.52. The highest BCUT2D eigenvalue weighted by Gasteiger charge is 2.07. The Balaban J connectivity index is 2.09. The predicted octanol–water partition coefficient (Wildman–Crippen LogP) is 1.77. The van der Waals surface area contributed by atoms with Crippen molar-refractivity contribution in [3.63, 3.8) is 0 Å². The molecular formula is C24H27N3O2. The van der Waals surface area contributed by atoms with Gasteiger partial charge in [0.25, 0.3) is 5.56 Å². The molecule has 0 radical (unpaired) electrons. The molecule has 3 rings (SSSR count). The molecule has 0 fully saturated rings. The number of hydrogen-bond donors (Lipinski definition) is 0. The number of nitrogens with zero attached hydrogens (tertiary/aromatic N) is 3. The Labute approximate surface area is 171 Å². The first-order valence-electron chi connectivity index (χ1n) is 9.73. The average molecular weight is 389 g/mol. The van der Waals surface area contributed by atoms with E-state index in [2.05, 4.69) is 9.88 Å². The lowest BCUT2D eigenvalue weighted by atomic mass is 10.2. The fourth-order valence-electron chi connectivity index (χ4n) is 2.96. The Hall–Kier alpha value is -3.18. The monoisotopic (exact) mass is 389 g/mol. The first-order valence-corrected chi connectivity index (χ1v) is 9.73. The maximum atomic E-state index is 12.9. The molecular weight excluding hydrogens is 362 g/mol. The molecule has 0 saturated carbocycles. The lowest BCUT2D eigenvalue weighted by Crippen LogP contribution is -2.44. The van der Waals surface area contributed by atoms with Crippen LogP contribution in [-0.2, 0) is 7.05 Å². The summed E-state index contributed by atoms with van der Waals surface area (Å²) in [4.78, 5) is 19.6. The van der Waals surface area contributed by atoms with Crippen molar-refractivity contribution < 1.29 is 4.74 Å². The second-order valence-electron chi connectivity index (χ2n) is 7.17. The van der Waals surface area contributed by atoms with Crippen molar-refractivity contribution in [2.24, 2.45) is 7.05 Å². The summed E-state index contributed by atoms with van der Waals surface area (Å²) in [5.41, 5.74) is 1.76. The topological polar surface area (TPSA) is 47.4 Å². The Morgan fingerprint density at radius 2 is 1.55 bits per heavy atom. The smallest absolute Gasteiger partial charge is 0.276 e. The average Bonchev–Trinajstić information content (AvgIpc) is 2.73. The van der Waals surface area contributed by atoms with Crippen molar-refractivity contribution in [3.8, 4) is 5.88 Å². The highest BCUT2D eigenvalue weighted by Crippen LogP contribution is 2.02. The van der Waals surface area contributed by atoms with Crippen molar-refractivity contribution in [1.29, 1.82) is 0 Å². The van der Waals surface area contributed by atoms with E-state index in [4.69, 9.17) is 4.74 Å². The second kappa shape index (κ2) is 9.85. The van der Waals surface area contributed by atoms with Gasteiger partial charge in [-0.1, -0.05) is 60.7 Å². The van der Waals surface area contributed by atoms with Crippen molar-refractivity contribution in [3.05, 3.63) is 92.8 Å². The van der Waals surface area contributed by atoms with Crippen molar-refractivity contribution in [2.45, 2.75) is 6.42 Å².